The van der Waals surface area contributed by atoms with E-state index < -0.39 is 6.09 Å². The van der Waals surface area contributed by atoms with Gasteiger partial charge in [0.2, 0.25) is 0 Å². The molecule has 2 heterocycles. The lowest BCUT2D eigenvalue weighted by atomic mass is 9.73. The second-order valence-electron chi connectivity index (χ2n) is 6.75. The van der Waals surface area contributed by atoms with Crippen molar-refractivity contribution < 1.29 is 23.7 Å². The van der Waals surface area contributed by atoms with Crippen LogP contribution >= 0.6 is 0 Å². The molecule has 22 heavy (non-hydrogen) atoms. The maximum absolute atomic E-state index is 11.1. The molecule has 0 radical (unpaired) electrons. The number of hydrogen-bond acceptors (Lipinski definition) is 5. The number of ether oxygens (including phenoxy) is 4. The number of amides is 1. The summed E-state index contributed by atoms with van der Waals surface area (Å²) in [6, 6.07) is 0. The number of methoxy groups -OCH3 is 1. The molecule has 1 saturated carbocycles. The molecule has 2 aliphatic heterocycles. The first-order valence-corrected chi connectivity index (χ1v) is 7.88. The minimum Gasteiger partial charge on any atom is -0.444 e. The van der Waals surface area contributed by atoms with Crippen molar-refractivity contribution in [2.24, 2.45) is 11.7 Å². The van der Waals surface area contributed by atoms with Crippen LogP contribution in [0.4, 0.5) is 4.79 Å². The first kappa shape index (κ1) is 15.8. The Bertz CT molecular complexity index is 469. The molecule has 1 amide bonds. The Morgan fingerprint density at radius 1 is 1.45 bits per heavy atom. The Morgan fingerprint density at radius 3 is 2.73 bits per heavy atom. The molecule has 1 aliphatic carbocycles. The van der Waals surface area contributed by atoms with Crippen molar-refractivity contribution in [1.82, 2.24) is 0 Å². The number of rotatable bonds is 5. The van der Waals surface area contributed by atoms with Gasteiger partial charge in [0.25, 0.3) is 0 Å². The number of allylic oxidation sites excluding steroid dienone is 1. The summed E-state index contributed by atoms with van der Waals surface area (Å²) in [5, 5.41) is 0. The molecule has 3 rings (SSSR count). The number of epoxide rings is 2. The molecule has 124 valence electrons. The van der Waals surface area contributed by atoms with Crippen molar-refractivity contribution >= 4 is 6.09 Å². The Morgan fingerprint density at radius 2 is 2.18 bits per heavy atom. The summed E-state index contributed by atoms with van der Waals surface area (Å²) < 4.78 is 22.6. The average molecular weight is 311 g/mol. The molecule has 6 heteroatoms. The predicted octanol–water partition coefficient (Wildman–Crippen LogP) is 1.77. The average Bonchev–Trinajstić information content (AvgIpc) is 3.35. The lowest BCUT2D eigenvalue weighted by Crippen LogP contribution is -2.52. The van der Waals surface area contributed by atoms with E-state index in [0.717, 1.165) is 19.4 Å². The van der Waals surface area contributed by atoms with E-state index in [4.69, 9.17) is 24.7 Å². The molecule has 0 aromatic heterocycles. The number of hydrogen-bond donors (Lipinski definition) is 1. The third kappa shape index (κ3) is 3.00. The van der Waals surface area contributed by atoms with Crippen LogP contribution < -0.4 is 5.73 Å². The summed E-state index contributed by atoms with van der Waals surface area (Å²) >= 11 is 0. The molecular weight excluding hydrogens is 286 g/mol. The van der Waals surface area contributed by atoms with Crippen molar-refractivity contribution in [2.45, 2.75) is 63.1 Å². The standard InChI is InChI=1S/C16H25NO5/c1-9(2)4-5-10-14(21-10)12-13(19-3)11(22-15(17)18)6-7-16(12)8-20-16/h4,10-14H,5-8H2,1-3H3,(H2,17,18). The van der Waals surface area contributed by atoms with Gasteiger partial charge in [0.1, 0.15) is 12.2 Å². The topological polar surface area (TPSA) is 86.6 Å². The monoisotopic (exact) mass is 311 g/mol. The van der Waals surface area contributed by atoms with Crippen LogP contribution in [0.5, 0.6) is 0 Å². The third-order valence-corrected chi connectivity index (χ3v) is 4.97. The van der Waals surface area contributed by atoms with Crippen LogP contribution in [-0.2, 0) is 18.9 Å². The van der Waals surface area contributed by atoms with Crippen LogP contribution in [0.1, 0.15) is 33.1 Å². The van der Waals surface area contributed by atoms with E-state index >= 15 is 0 Å². The quantitative estimate of drug-likeness (QED) is 0.617. The van der Waals surface area contributed by atoms with E-state index in [0.29, 0.717) is 6.42 Å². The van der Waals surface area contributed by atoms with Crippen molar-refractivity contribution in [3.63, 3.8) is 0 Å². The van der Waals surface area contributed by atoms with Crippen molar-refractivity contribution in [2.75, 3.05) is 13.7 Å². The van der Waals surface area contributed by atoms with Crippen LogP contribution in [-0.4, -0.2) is 49.8 Å². The number of nitrogens with two attached hydrogens (primary N) is 1. The lowest BCUT2D eigenvalue weighted by molar-refractivity contribution is -0.104. The van der Waals surface area contributed by atoms with Gasteiger partial charge in [-0.3, -0.25) is 0 Å². The van der Waals surface area contributed by atoms with E-state index in [1.165, 1.54) is 5.57 Å². The fraction of sp³-hybridized carbons (Fsp3) is 0.812. The number of carbonyl (C=O) groups is 1. The van der Waals surface area contributed by atoms with E-state index in [-0.39, 0.29) is 35.9 Å². The summed E-state index contributed by atoms with van der Waals surface area (Å²) in [5.41, 5.74) is 6.30. The highest BCUT2D eigenvalue weighted by Crippen LogP contribution is 2.54. The first-order valence-electron chi connectivity index (χ1n) is 7.88. The summed E-state index contributed by atoms with van der Waals surface area (Å²) in [5.74, 6) is 0.0890. The molecule has 1 spiro atoms. The van der Waals surface area contributed by atoms with E-state index in [1.807, 2.05) is 0 Å². The molecular formula is C16H25NO5. The van der Waals surface area contributed by atoms with Gasteiger partial charge >= 0.3 is 6.09 Å². The van der Waals surface area contributed by atoms with Crippen LogP contribution in [0.3, 0.4) is 0 Å². The van der Waals surface area contributed by atoms with Crippen molar-refractivity contribution in [3.8, 4) is 0 Å². The zero-order chi connectivity index (χ0) is 15.9. The SMILES string of the molecule is COC1C(OC(N)=O)CCC2(CO2)C1C1OC1CC=C(C)C. The molecule has 6 unspecified atom stereocenters. The van der Waals surface area contributed by atoms with E-state index in [2.05, 4.69) is 19.9 Å². The molecule has 6 atom stereocenters. The number of primary amides is 1. The highest BCUT2D eigenvalue weighted by atomic mass is 16.6. The van der Waals surface area contributed by atoms with Crippen molar-refractivity contribution in [1.29, 1.82) is 0 Å². The molecule has 6 nitrogen and oxygen atoms in total. The fourth-order valence-corrected chi connectivity index (χ4v) is 3.75. The predicted molar refractivity (Wildman–Crippen MR) is 79.4 cm³/mol. The number of carbonyl (C=O) groups excluding carboxylic acids is 1. The smallest absolute Gasteiger partial charge is 0.404 e. The minimum absolute atomic E-state index is 0.0890. The highest BCUT2D eigenvalue weighted by molar-refractivity contribution is 5.64. The van der Waals surface area contributed by atoms with Gasteiger partial charge in [0.15, 0.2) is 0 Å². The fourth-order valence-electron chi connectivity index (χ4n) is 3.75. The minimum atomic E-state index is -0.753. The van der Waals surface area contributed by atoms with Crippen LogP contribution in [0.15, 0.2) is 11.6 Å². The van der Waals surface area contributed by atoms with Crippen molar-refractivity contribution in [3.05, 3.63) is 11.6 Å². The Hall–Kier alpha value is -1.11. The molecule has 3 fully saturated rings. The molecule has 2 N–H and O–H groups in total. The lowest BCUT2D eigenvalue weighted by Gasteiger charge is -2.39. The largest absolute Gasteiger partial charge is 0.444 e. The van der Waals surface area contributed by atoms with E-state index in [1.54, 1.807) is 7.11 Å². The van der Waals surface area contributed by atoms with Gasteiger partial charge in [0.05, 0.1) is 24.4 Å². The maximum atomic E-state index is 11.1. The first-order chi connectivity index (χ1) is 10.5. The summed E-state index contributed by atoms with van der Waals surface area (Å²) in [6.45, 7) is 4.90. The second kappa shape index (κ2) is 5.83. The molecule has 0 aromatic rings. The van der Waals surface area contributed by atoms with Gasteiger partial charge < -0.3 is 24.7 Å². The molecule has 0 aromatic carbocycles. The summed E-state index contributed by atoms with van der Waals surface area (Å²) in [4.78, 5) is 11.1. The third-order valence-electron chi connectivity index (χ3n) is 4.97. The van der Waals surface area contributed by atoms with Gasteiger partial charge in [-0.05, 0) is 33.1 Å². The Kier molecular flexibility index (Phi) is 4.18. The second-order valence-corrected chi connectivity index (χ2v) is 6.75. The summed E-state index contributed by atoms with van der Waals surface area (Å²) in [7, 11) is 1.64. The Labute approximate surface area is 130 Å². The van der Waals surface area contributed by atoms with Crippen LogP contribution in [0.25, 0.3) is 0 Å². The molecule has 2 saturated heterocycles. The van der Waals surface area contributed by atoms with Gasteiger partial charge in [-0.25, -0.2) is 4.79 Å². The zero-order valence-electron chi connectivity index (χ0n) is 13.4. The van der Waals surface area contributed by atoms with Gasteiger partial charge in [-0.15, -0.1) is 0 Å². The van der Waals surface area contributed by atoms with Crippen LogP contribution in [0, 0.1) is 5.92 Å². The van der Waals surface area contributed by atoms with Crippen LogP contribution in [0.2, 0.25) is 0 Å². The van der Waals surface area contributed by atoms with Gasteiger partial charge in [-0.2, -0.15) is 0 Å². The Balaban J connectivity index is 1.71. The van der Waals surface area contributed by atoms with Gasteiger partial charge in [-0.1, -0.05) is 11.6 Å². The summed E-state index contributed by atoms with van der Waals surface area (Å²) in [6.07, 6.45) is 3.64. The molecule has 0 bridgehead atoms. The van der Waals surface area contributed by atoms with Gasteiger partial charge in [0, 0.05) is 13.0 Å². The highest BCUT2D eigenvalue weighted by Gasteiger charge is 2.66. The molecule has 3 aliphatic rings. The maximum Gasteiger partial charge on any atom is 0.404 e. The normalized spacial score (nSPS) is 42.8. The van der Waals surface area contributed by atoms with E-state index in [9.17, 15) is 4.79 Å². The zero-order valence-corrected chi connectivity index (χ0v) is 13.4.